The van der Waals surface area contributed by atoms with Gasteiger partial charge in [0.15, 0.2) is 11.5 Å². The Balaban J connectivity index is 1.26. The summed E-state index contributed by atoms with van der Waals surface area (Å²) in [5, 5.41) is 1.82. The van der Waals surface area contributed by atoms with Crippen LogP contribution in [0.2, 0.25) is 0 Å². The molecular weight excluding hydrogens is 378 g/mol. The van der Waals surface area contributed by atoms with Crippen LogP contribution in [0.5, 0.6) is 17.2 Å². The highest BCUT2D eigenvalue weighted by Gasteiger charge is 2.24. The monoisotopic (exact) mass is 399 g/mol. The van der Waals surface area contributed by atoms with Gasteiger partial charge in [0.1, 0.15) is 18.5 Å². The van der Waals surface area contributed by atoms with E-state index in [0.717, 1.165) is 10.6 Å². The molecule has 28 heavy (non-hydrogen) atoms. The molecule has 146 valence electrons. The molecule has 0 N–H and O–H groups in total. The maximum absolute atomic E-state index is 12.4. The Morgan fingerprint density at radius 1 is 1.18 bits per heavy atom. The Bertz CT molecular complexity index is 842. The molecule has 2 heterocycles. The van der Waals surface area contributed by atoms with E-state index < -0.39 is 0 Å². The molecule has 0 bridgehead atoms. The van der Waals surface area contributed by atoms with E-state index in [1.165, 1.54) is 11.8 Å². The number of rotatable bonds is 6. The normalized spacial score (nSPS) is 18.4. The molecule has 1 atom stereocenters. The van der Waals surface area contributed by atoms with Crippen molar-refractivity contribution in [3.05, 3.63) is 60.0 Å². The Kier molecular flexibility index (Phi) is 6.04. The van der Waals surface area contributed by atoms with Gasteiger partial charge in [0.2, 0.25) is 12.7 Å². The summed E-state index contributed by atoms with van der Waals surface area (Å²) < 4.78 is 22.2. The minimum absolute atomic E-state index is 0.0141. The lowest BCUT2D eigenvalue weighted by Crippen LogP contribution is -2.47. The number of amides is 1. The summed E-state index contributed by atoms with van der Waals surface area (Å²) in [5.74, 6) is 2.08. The maximum Gasteiger partial charge on any atom is 0.247 e. The summed E-state index contributed by atoms with van der Waals surface area (Å²) in [5.41, 5.74) is 0. The predicted octanol–water partition coefficient (Wildman–Crippen LogP) is 3.33. The molecular formula is C21H21NO5S. The molecule has 0 radical (unpaired) electrons. The van der Waals surface area contributed by atoms with Gasteiger partial charge >= 0.3 is 0 Å². The third-order valence-corrected chi connectivity index (χ3v) is 5.20. The first-order valence-electron chi connectivity index (χ1n) is 9.09. The van der Waals surface area contributed by atoms with Crippen LogP contribution in [0.25, 0.3) is 0 Å². The zero-order valence-electron chi connectivity index (χ0n) is 15.3. The number of ether oxygens (including phenoxy) is 4. The van der Waals surface area contributed by atoms with Crippen LogP contribution in [0.3, 0.4) is 0 Å². The molecule has 1 fully saturated rings. The van der Waals surface area contributed by atoms with E-state index in [4.69, 9.17) is 18.9 Å². The summed E-state index contributed by atoms with van der Waals surface area (Å²) in [7, 11) is 0. The highest BCUT2D eigenvalue weighted by Crippen LogP contribution is 2.35. The van der Waals surface area contributed by atoms with E-state index in [1.54, 1.807) is 17.0 Å². The molecule has 2 aromatic carbocycles. The first kappa shape index (κ1) is 18.7. The SMILES string of the molecule is O=C(C=CSc1ccccc1)N1CCOC(COc2ccc3c(c2)OCO3)C1. The lowest BCUT2D eigenvalue weighted by Gasteiger charge is -2.32. The van der Waals surface area contributed by atoms with Crippen LogP contribution in [-0.2, 0) is 9.53 Å². The number of hydrogen-bond donors (Lipinski definition) is 0. The molecule has 2 aromatic rings. The van der Waals surface area contributed by atoms with Crippen LogP contribution in [0.1, 0.15) is 0 Å². The van der Waals surface area contributed by atoms with Gasteiger partial charge in [-0.2, -0.15) is 0 Å². The molecule has 6 nitrogen and oxygen atoms in total. The van der Waals surface area contributed by atoms with Crippen LogP contribution in [0.15, 0.2) is 64.9 Å². The average molecular weight is 399 g/mol. The molecule has 4 rings (SSSR count). The van der Waals surface area contributed by atoms with Crippen LogP contribution < -0.4 is 14.2 Å². The van der Waals surface area contributed by atoms with Crippen LogP contribution in [-0.4, -0.2) is 50.0 Å². The van der Waals surface area contributed by atoms with E-state index >= 15 is 0 Å². The molecule has 1 saturated heterocycles. The van der Waals surface area contributed by atoms with Gasteiger partial charge in [-0.15, -0.1) is 0 Å². The van der Waals surface area contributed by atoms with Crippen molar-refractivity contribution in [3.8, 4) is 17.2 Å². The first-order valence-corrected chi connectivity index (χ1v) is 9.97. The quantitative estimate of drug-likeness (QED) is 0.549. The van der Waals surface area contributed by atoms with Gasteiger partial charge in [0.25, 0.3) is 0 Å². The summed E-state index contributed by atoms with van der Waals surface area (Å²) in [6, 6.07) is 15.4. The number of carbonyl (C=O) groups is 1. The number of thioether (sulfide) groups is 1. The maximum atomic E-state index is 12.4. The van der Waals surface area contributed by atoms with Crippen molar-refractivity contribution in [2.75, 3.05) is 33.1 Å². The molecule has 0 spiro atoms. The first-order chi connectivity index (χ1) is 13.8. The molecule has 0 aromatic heterocycles. The highest BCUT2D eigenvalue weighted by molar-refractivity contribution is 8.02. The second-order valence-corrected chi connectivity index (χ2v) is 7.32. The van der Waals surface area contributed by atoms with Crippen molar-refractivity contribution in [3.63, 3.8) is 0 Å². The Hall–Kier alpha value is -2.64. The molecule has 7 heteroatoms. The van der Waals surface area contributed by atoms with Crippen molar-refractivity contribution in [1.29, 1.82) is 0 Å². The van der Waals surface area contributed by atoms with Crippen LogP contribution in [0.4, 0.5) is 0 Å². The fraction of sp³-hybridized carbons (Fsp3) is 0.286. The molecule has 1 amide bonds. The fourth-order valence-corrected chi connectivity index (χ4v) is 3.61. The lowest BCUT2D eigenvalue weighted by molar-refractivity contribution is -0.134. The summed E-state index contributed by atoms with van der Waals surface area (Å²) in [4.78, 5) is 15.3. The molecule has 0 saturated carbocycles. The number of nitrogens with zero attached hydrogens (tertiary/aromatic N) is 1. The van der Waals surface area contributed by atoms with Gasteiger partial charge in [-0.25, -0.2) is 0 Å². The van der Waals surface area contributed by atoms with Crippen molar-refractivity contribution in [2.24, 2.45) is 0 Å². The van der Waals surface area contributed by atoms with E-state index in [-0.39, 0.29) is 18.8 Å². The largest absolute Gasteiger partial charge is 0.491 e. The molecule has 1 unspecified atom stereocenters. The van der Waals surface area contributed by atoms with E-state index in [2.05, 4.69) is 0 Å². The second kappa shape index (κ2) is 9.03. The molecule has 2 aliphatic rings. The zero-order chi connectivity index (χ0) is 19.2. The topological polar surface area (TPSA) is 57.2 Å². The average Bonchev–Trinajstić information content (AvgIpc) is 3.21. The van der Waals surface area contributed by atoms with Crippen LogP contribution in [0, 0.1) is 0 Å². The number of fused-ring (bicyclic) bond motifs is 1. The summed E-state index contributed by atoms with van der Waals surface area (Å²) >= 11 is 1.52. The Morgan fingerprint density at radius 2 is 2.04 bits per heavy atom. The van der Waals surface area contributed by atoms with Crippen molar-refractivity contribution in [1.82, 2.24) is 4.90 Å². The third kappa shape index (κ3) is 4.79. The number of benzene rings is 2. The van der Waals surface area contributed by atoms with Gasteiger partial charge in [0.05, 0.1) is 13.2 Å². The predicted molar refractivity (Wildman–Crippen MR) is 106 cm³/mol. The zero-order valence-corrected chi connectivity index (χ0v) is 16.1. The van der Waals surface area contributed by atoms with Crippen molar-refractivity contribution in [2.45, 2.75) is 11.0 Å². The number of carbonyl (C=O) groups excluding carboxylic acids is 1. The highest BCUT2D eigenvalue weighted by atomic mass is 32.2. The standard InChI is InChI=1S/C21H21NO5S/c23-21(8-11-28-18-4-2-1-3-5-18)22-9-10-24-17(13-22)14-25-16-6-7-19-20(12-16)27-15-26-19/h1-8,11-12,17H,9-10,13-15H2. The summed E-state index contributed by atoms with van der Waals surface area (Å²) in [6.45, 7) is 2.19. The van der Waals surface area contributed by atoms with Gasteiger partial charge in [0, 0.05) is 23.6 Å². The Morgan fingerprint density at radius 3 is 2.93 bits per heavy atom. The molecule has 2 aliphatic heterocycles. The number of hydrogen-bond acceptors (Lipinski definition) is 6. The van der Waals surface area contributed by atoms with E-state index in [9.17, 15) is 4.79 Å². The second-order valence-electron chi connectivity index (χ2n) is 6.34. The minimum Gasteiger partial charge on any atom is -0.491 e. The molecule has 0 aliphatic carbocycles. The van der Waals surface area contributed by atoms with Crippen molar-refractivity contribution < 1.29 is 23.7 Å². The third-order valence-electron chi connectivity index (χ3n) is 4.39. The Labute approximate surface area is 168 Å². The van der Waals surface area contributed by atoms with Gasteiger partial charge in [-0.3, -0.25) is 4.79 Å². The van der Waals surface area contributed by atoms with Gasteiger partial charge in [-0.05, 0) is 29.7 Å². The van der Waals surface area contributed by atoms with Crippen molar-refractivity contribution >= 4 is 17.7 Å². The minimum atomic E-state index is -0.168. The van der Waals surface area contributed by atoms with Crippen LogP contribution >= 0.6 is 11.8 Å². The van der Waals surface area contributed by atoms with E-state index in [1.807, 2.05) is 47.9 Å². The fourth-order valence-electron chi connectivity index (χ4n) is 2.95. The number of morpholine rings is 1. The lowest BCUT2D eigenvalue weighted by atomic mass is 10.2. The smallest absolute Gasteiger partial charge is 0.247 e. The van der Waals surface area contributed by atoms with E-state index in [0.29, 0.717) is 37.8 Å². The summed E-state index contributed by atoms with van der Waals surface area (Å²) in [6.07, 6.45) is 1.44. The van der Waals surface area contributed by atoms with Gasteiger partial charge < -0.3 is 23.8 Å². The van der Waals surface area contributed by atoms with Gasteiger partial charge in [-0.1, -0.05) is 30.0 Å².